The second-order valence-electron chi connectivity index (χ2n) is 6.73. The van der Waals surface area contributed by atoms with Crippen LogP contribution in [0.1, 0.15) is 40.2 Å². The van der Waals surface area contributed by atoms with Gasteiger partial charge in [0.25, 0.3) is 5.56 Å². The number of pyridine rings is 2. The first-order chi connectivity index (χ1) is 11.4. The van der Waals surface area contributed by atoms with Crippen molar-refractivity contribution in [3.63, 3.8) is 0 Å². The molecule has 0 atom stereocenters. The second kappa shape index (κ2) is 6.00. The number of carboxylic acid groups (broad SMARTS) is 1. The zero-order valence-corrected chi connectivity index (χ0v) is 14.5. The van der Waals surface area contributed by atoms with Gasteiger partial charge in [-0.15, -0.1) is 12.4 Å². The number of carboxylic acids is 1. The van der Waals surface area contributed by atoms with Crippen molar-refractivity contribution in [1.82, 2.24) is 4.40 Å². The highest BCUT2D eigenvalue weighted by molar-refractivity contribution is 5.89. The highest BCUT2D eigenvalue weighted by Crippen LogP contribution is 2.44. The van der Waals surface area contributed by atoms with Crippen molar-refractivity contribution in [2.24, 2.45) is 5.73 Å². The van der Waals surface area contributed by atoms with Crippen molar-refractivity contribution in [1.29, 1.82) is 0 Å². The molecule has 0 aromatic carbocycles. The van der Waals surface area contributed by atoms with Crippen LogP contribution in [0.5, 0.6) is 0 Å². The van der Waals surface area contributed by atoms with Crippen LogP contribution in [-0.2, 0) is 0 Å². The molecule has 3 N–H and O–H groups in total. The fourth-order valence-corrected chi connectivity index (χ4v) is 3.58. The van der Waals surface area contributed by atoms with Gasteiger partial charge >= 0.3 is 5.97 Å². The number of aryl methyl sites for hydroxylation is 1. The fraction of sp³-hybridized carbons (Fsp3) is 0.412. The zero-order valence-electron chi connectivity index (χ0n) is 13.7. The molecule has 1 aliphatic heterocycles. The summed E-state index contributed by atoms with van der Waals surface area (Å²) in [5.74, 6) is -1.58. The molecule has 0 radical (unpaired) electrons. The lowest BCUT2D eigenvalue weighted by Crippen LogP contribution is -2.56. The molecule has 3 heterocycles. The van der Waals surface area contributed by atoms with Gasteiger partial charge < -0.3 is 15.7 Å². The van der Waals surface area contributed by atoms with E-state index in [2.05, 4.69) is 0 Å². The van der Waals surface area contributed by atoms with Crippen LogP contribution < -0.4 is 16.2 Å². The van der Waals surface area contributed by atoms with Crippen LogP contribution in [0.15, 0.2) is 17.1 Å². The molecule has 1 aliphatic carbocycles. The van der Waals surface area contributed by atoms with Gasteiger partial charge in [-0.25, -0.2) is 9.18 Å². The number of nitrogens with two attached hydrogens (primary N) is 1. The largest absolute Gasteiger partial charge is 0.477 e. The zero-order chi connectivity index (χ0) is 17.2. The number of nitrogens with zero attached hydrogens (tertiary/aromatic N) is 2. The number of fused-ring (bicyclic) bond motifs is 1. The van der Waals surface area contributed by atoms with Crippen LogP contribution >= 0.6 is 12.4 Å². The van der Waals surface area contributed by atoms with E-state index in [0.717, 1.165) is 29.0 Å². The first-order valence-corrected chi connectivity index (χ1v) is 8.00. The van der Waals surface area contributed by atoms with E-state index < -0.39 is 17.3 Å². The van der Waals surface area contributed by atoms with Crippen molar-refractivity contribution in [2.45, 2.75) is 31.7 Å². The van der Waals surface area contributed by atoms with E-state index >= 15 is 0 Å². The Morgan fingerprint density at radius 2 is 2.00 bits per heavy atom. The normalized spacial score (nSPS) is 17.3. The topological polar surface area (TPSA) is 88.0 Å². The van der Waals surface area contributed by atoms with Gasteiger partial charge in [0.2, 0.25) is 0 Å². The molecule has 2 fully saturated rings. The minimum atomic E-state index is -1.29. The van der Waals surface area contributed by atoms with Gasteiger partial charge in [-0.05, 0) is 42.9 Å². The van der Waals surface area contributed by atoms with Crippen molar-refractivity contribution in [2.75, 3.05) is 18.0 Å². The Balaban J connectivity index is 0.00000182. The van der Waals surface area contributed by atoms with E-state index in [0.29, 0.717) is 29.9 Å². The standard InChI is InChI=1S/C17H18FN3O3.ClH/c1-8-14-11(9-2-3-9)4-12(17(23)24)16(22)21(14)7-13(18)15(8)20-5-10(19)6-20;/h4,7,9-10H,2-3,5-6,19H2,1H3,(H,23,24);1H. The summed E-state index contributed by atoms with van der Waals surface area (Å²) in [6.45, 7) is 2.93. The molecule has 1 saturated heterocycles. The summed E-state index contributed by atoms with van der Waals surface area (Å²) in [7, 11) is 0. The predicted octanol–water partition coefficient (Wildman–Crippen LogP) is 1.89. The van der Waals surface area contributed by atoms with Crippen LogP contribution in [0.2, 0.25) is 0 Å². The Bertz CT molecular complexity index is 933. The first-order valence-electron chi connectivity index (χ1n) is 8.00. The number of halogens is 2. The summed E-state index contributed by atoms with van der Waals surface area (Å²) in [6, 6.07) is 1.49. The van der Waals surface area contributed by atoms with Crippen LogP contribution in [0.25, 0.3) is 5.52 Å². The number of aromatic carboxylic acids is 1. The molecule has 4 rings (SSSR count). The van der Waals surface area contributed by atoms with E-state index in [1.807, 2.05) is 4.90 Å². The molecule has 0 amide bonds. The Morgan fingerprint density at radius 1 is 1.36 bits per heavy atom. The highest BCUT2D eigenvalue weighted by atomic mass is 35.5. The van der Waals surface area contributed by atoms with Crippen LogP contribution in [0.4, 0.5) is 10.1 Å². The third-order valence-corrected chi connectivity index (χ3v) is 4.92. The number of rotatable bonds is 3. The van der Waals surface area contributed by atoms with Gasteiger partial charge in [-0.1, -0.05) is 0 Å². The smallest absolute Gasteiger partial charge is 0.341 e. The van der Waals surface area contributed by atoms with Crippen LogP contribution in [-0.4, -0.2) is 34.6 Å². The molecule has 2 aromatic rings. The molecule has 25 heavy (non-hydrogen) atoms. The van der Waals surface area contributed by atoms with Crippen molar-refractivity contribution in [3.05, 3.63) is 45.1 Å². The first kappa shape index (κ1) is 17.7. The maximum Gasteiger partial charge on any atom is 0.341 e. The molecule has 6 nitrogen and oxygen atoms in total. The quantitative estimate of drug-likeness (QED) is 0.865. The average molecular weight is 368 g/mol. The second-order valence-corrected chi connectivity index (χ2v) is 6.73. The summed E-state index contributed by atoms with van der Waals surface area (Å²) < 4.78 is 15.8. The van der Waals surface area contributed by atoms with E-state index in [9.17, 15) is 19.1 Å². The lowest BCUT2D eigenvalue weighted by molar-refractivity contribution is 0.0694. The van der Waals surface area contributed by atoms with Gasteiger partial charge in [0.15, 0.2) is 5.82 Å². The monoisotopic (exact) mass is 367 g/mol. The minimum absolute atomic E-state index is 0. The molecule has 1 saturated carbocycles. The van der Waals surface area contributed by atoms with Gasteiger partial charge in [-0.3, -0.25) is 9.20 Å². The van der Waals surface area contributed by atoms with E-state index in [4.69, 9.17) is 5.73 Å². The Kier molecular flexibility index (Phi) is 4.25. The van der Waals surface area contributed by atoms with Gasteiger partial charge in [0.1, 0.15) is 5.56 Å². The number of carbonyl (C=O) groups is 1. The van der Waals surface area contributed by atoms with Crippen molar-refractivity contribution >= 4 is 29.6 Å². The van der Waals surface area contributed by atoms with E-state index in [1.165, 1.54) is 6.07 Å². The summed E-state index contributed by atoms with van der Waals surface area (Å²) in [6.07, 6.45) is 3.02. The Labute approximate surface area is 149 Å². The molecular formula is C17H19ClFN3O3. The number of hydrogen-bond acceptors (Lipinski definition) is 4. The van der Waals surface area contributed by atoms with Gasteiger partial charge in [-0.2, -0.15) is 0 Å². The Morgan fingerprint density at radius 3 is 2.52 bits per heavy atom. The molecular weight excluding hydrogens is 349 g/mol. The maximum atomic E-state index is 14.7. The third-order valence-electron chi connectivity index (χ3n) is 4.92. The summed E-state index contributed by atoms with van der Waals surface area (Å²) in [4.78, 5) is 25.7. The molecule has 2 aromatic heterocycles. The minimum Gasteiger partial charge on any atom is -0.477 e. The van der Waals surface area contributed by atoms with Gasteiger partial charge in [0, 0.05) is 19.1 Å². The summed E-state index contributed by atoms with van der Waals surface area (Å²) in [5, 5.41) is 9.28. The van der Waals surface area contributed by atoms with Crippen molar-refractivity contribution in [3.8, 4) is 0 Å². The molecule has 0 unspecified atom stereocenters. The fourth-order valence-electron chi connectivity index (χ4n) is 3.58. The third kappa shape index (κ3) is 2.67. The lowest BCUT2D eigenvalue weighted by atomic mass is 10.00. The maximum absolute atomic E-state index is 14.7. The van der Waals surface area contributed by atoms with E-state index in [1.54, 1.807) is 6.92 Å². The molecule has 134 valence electrons. The van der Waals surface area contributed by atoms with Gasteiger partial charge in [0.05, 0.1) is 17.4 Å². The predicted molar refractivity (Wildman–Crippen MR) is 94.7 cm³/mol. The number of hydrogen-bond donors (Lipinski definition) is 2. The van der Waals surface area contributed by atoms with Crippen LogP contribution in [0, 0.1) is 12.7 Å². The summed E-state index contributed by atoms with van der Waals surface area (Å²) >= 11 is 0. The number of anilines is 1. The Hall–Kier alpha value is -2.12. The molecule has 0 spiro atoms. The molecule has 8 heteroatoms. The summed E-state index contributed by atoms with van der Waals surface area (Å²) in [5.41, 5.74) is 7.36. The average Bonchev–Trinajstić information content (AvgIpc) is 3.30. The van der Waals surface area contributed by atoms with Crippen molar-refractivity contribution < 1.29 is 14.3 Å². The highest BCUT2D eigenvalue weighted by Gasteiger charge is 2.32. The lowest BCUT2D eigenvalue weighted by Gasteiger charge is -2.40. The molecule has 0 bridgehead atoms. The van der Waals surface area contributed by atoms with E-state index in [-0.39, 0.29) is 29.9 Å². The SMILES string of the molecule is Cc1c(N2CC(N)C2)c(F)cn2c(=O)c(C(=O)O)cc(C3CC3)c12.Cl. The van der Waals surface area contributed by atoms with Crippen LogP contribution in [0.3, 0.4) is 0 Å². The molecule has 2 aliphatic rings. The number of aromatic nitrogens is 1.